The van der Waals surface area contributed by atoms with Gasteiger partial charge >= 0.3 is 0 Å². The molecule has 144 valence electrons. The molecule has 0 bridgehead atoms. The van der Waals surface area contributed by atoms with Crippen molar-refractivity contribution in [2.45, 2.75) is 4.90 Å². The zero-order chi connectivity index (χ0) is 19.7. The van der Waals surface area contributed by atoms with Crippen molar-refractivity contribution in [2.24, 2.45) is 0 Å². The van der Waals surface area contributed by atoms with Crippen molar-refractivity contribution in [3.8, 4) is 22.8 Å². The molecular formula is C19H16N2O5S2. The summed E-state index contributed by atoms with van der Waals surface area (Å²) >= 11 is 1.30. The summed E-state index contributed by atoms with van der Waals surface area (Å²) in [5, 5.41) is 5.02. The van der Waals surface area contributed by atoms with Gasteiger partial charge in [-0.15, -0.1) is 11.3 Å². The van der Waals surface area contributed by atoms with Crippen LogP contribution in [0, 0.1) is 0 Å². The number of nitrogens with zero attached hydrogens (tertiary/aromatic N) is 1. The Morgan fingerprint density at radius 3 is 2.50 bits per heavy atom. The fourth-order valence-corrected chi connectivity index (χ4v) is 4.03. The molecule has 3 aromatic rings. The number of hydrogen-bond acceptors (Lipinski definition) is 7. The molecule has 0 spiro atoms. The summed E-state index contributed by atoms with van der Waals surface area (Å²) in [4.78, 5) is 17.0. The Bertz CT molecular complexity index is 1140. The molecule has 0 saturated heterocycles. The Morgan fingerprint density at radius 2 is 1.79 bits per heavy atom. The Labute approximate surface area is 165 Å². The zero-order valence-corrected chi connectivity index (χ0v) is 16.5. The number of nitrogens with one attached hydrogen (secondary N) is 1. The van der Waals surface area contributed by atoms with Gasteiger partial charge in [0.05, 0.1) is 10.6 Å². The van der Waals surface area contributed by atoms with Crippen LogP contribution in [0.5, 0.6) is 11.5 Å². The molecule has 0 aliphatic carbocycles. The van der Waals surface area contributed by atoms with E-state index in [2.05, 4.69) is 10.3 Å². The molecule has 0 unspecified atom stereocenters. The van der Waals surface area contributed by atoms with E-state index < -0.39 is 9.84 Å². The van der Waals surface area contributed by atoms with Gasteiger partial charge in [-0.3, -0.25) is 10.1 Å². The maximum absolute atomic E-state index is 12.4. The van der Waals surface area contributed by atoms with E-state index in [1.807, 2.05) is 23.6 Å². The first-order valence-electron chi connectivity index (χ1n) is 8.37. The maximum atomic E-state index is 12.4. The van der Waals surface area contributed by atoms with Gasteiger partial charge in [0.25, 0.3) is 5.91 Å². The Hall–Kier alpha value is -2.91. The van der Waals surface area contributed by atoms with Crippen LogP contribution in [0.15, 0.2) is 52.7 Å². The fraction of sp³-hybridized carbons (Fsp3) is 0.158. The third-order valence-electron chi connectivity index (χ3n) is 4.11. The third-order valence-corrected chi connectivity index (χ3v) is 5.99. The summed E-state index contributed by atoms with van der Waals surface area (Å²) in [6, 6.07) is 11.4. The number of fused-ring (bicyclic) bond motifs is 1. The first-order valence-corrected chi connectivity index (χ1v) is 11.1. The van der Waals surface area contributed by atoms with E-state index >= 15 is 0 Å². The number of carbonyl (C=O) groups is 1. The molecule has 2 heterocycles. The van der Waals surface area contributed by atoms with Gasteiger partial charge in [0, 0.05) is 22.8 Å². The molecule has 1 aromatic heterocycles. The lowest BCUT2D eigenvalue weighted by molar-refractivity contribution is 0.102. The SMILES string of the molecule is CS(=O)(=O)c1ccc(C(=O)Nc2nc(-c3ccc4c(c3)OCCO4)cs2)cc1. The highest BCUT2D eigenvalue weighted by Gasteiger charge is 2.15. The minimum Gasteiger partial charge on any atom is -0.486 e. The van der Waals surface area contributed by atoms with Crippen molar-refractivity contribution < 1.29 is 22.7 Å². The van der Waals surface area contributed by atoms with Crippen LogP contribution in [0.3, 0.4) is 0 Å². The van der Waals surface area contributed by atoms with E-state index in [1.165, 1.54) is 35.6 Å². The second-order valence-corrected chi connectivity index (χ2v) is 9.02. The zero-order valence-electron chi connectivity index (χ0n) is 14.8. The summed E-state index contributed by atoms with van der Waals surface area (Å²) < 4.78 is 34.1. The van der Waals surface area contributed by atoms with E-state index in [-0.39, 0.29) is 10.8 Å². The average Bonchev–Trinajstić information content (AvgIpc) is 3.15. The largest absolute Gasteiger partial charge is 0.486 e. The summed E-state index contributed by atoms with van der Waals surface area (Å²) in [5.41, 5.74) is 1.92. The van der Waals surface area contributed by atoms with Crippen molar-refractivity contribution in [2.75, 3.05) is 24.8 Å². The molecule has 28 heavy (non-hydrogen) atoms. The van der Waals surface area contributed by atoms with Crippen molar-refractivity contribution in [3.63, 3.8) is 0 Å². The molecule has 1 amide bonds. The number of rotatable bonds is 4. The number of thiazole rings is 1. The van der Waals surface area contributed by atoms with Gasteiger partial charge in [-0.2, -0.15) is 0 Å². The van der Waals surface area contributed by atoms with E-state index in [9.17, 15) is 13.2 Å². The molecule has 4 rings (SSSR count). The summed E-state index contributed by atoms with van der Waals surface area (Å²) in [6.07, 6.45) is 1.12. The van der Waals surface area contributed by atoms with Gasteiger partial charge in [-0.25, -0.2) is 13.4 Å². The number of carbonyl (C=O) groups excluding carboxylic acids is 1. The van der Waals surface area contributed by atoms with Gasteiger partial charge in [0.15, 0.2) is 26.5 Å². The first-order chi connectivity index (χ1) is 13.4. The van der Waals surface area contributed by atoms with Gasteiger partial charge < -0.3 is 9.47 Å². The molecule has 1 N–H and O–H groups in total. The number of amides is 1. The molecular weight excluding hydrogens is 400 g/mol. The topological polar surface area (TPSA) is 94.6 Å². The molecule has 0 atom stereocenters. The first kappa shape index (κ1) is 18.5. The van der Waals surface area contributed by atoms with Crippen LogP contribution < -0.4 is 14.8 Å². The molecule has 0 fully saturated rings. The van der Waals surface area contributed by atoms with Gasteiger partial charge in [0.2, 0.25) is 0 Å². The number of benzene rings is 2. The summed E-state index contributed by atoms with van der Waals surface area (Å²) in [7, 11) is -3.30. The Morgan fingerprint density at radius 1 is 1.07 bits per heavy atom. The molecule has 7 nitrogen and oxygen atoms in total. The van der Waals surface area contributed by atoms with Crippen LogP contribution in [0.1, 0.15) is 10.4 Å². The number of sulfone groups is 1. The van der Waals surface area contributed by atoms with Crippen molar-refractivity contribution in [3.05, 3.63) is 53.4 Å². The van der Waals surface area contributed by atoms with Crippen molar-refractivity contribution in [1.29, 1.82) is 0 Å². The minimum absolute atomic E-state index is 0.166. The number of anilines is 1. The summed E-state index contributed by atoms with van der Waals surface area (Å²) in [6.45, 7) is 1.04. The lowest BCUT2D eigenvalue weighted by Crippen LogP contribution is -2.15. The Kier molecular flexibility index (Phi) is 4.78. The number of hydrogen-bond donors (Lipinski definition) is 1. The predicted octanol–water partition coefficient (Wildman–Crippen LogP) is 3.24. The summed E-state index contributed by atoms with van der Waals surface area (Å²) in [5.74, 6) is 1.02. The highest BCUT2D eigenvalue weighted by molar-refractivity contribution is 7.90. The molecule has 1 aliphatic heterocycles. The van der Waals surface area contributed by atoms with Crippen LogP contribution in [0.4, 0.5) is 5.13 Å². The minimum atomic E-state index is -3.30. The van der Waals surface area contributed by atoms with Crippen molar-refractivity contribution >= 4 is 32.2 Å². The predicted molar refractivity (Wildman–Crippen MR) is 106 cm³/mol. The van der Waals surface area contributed by atoms with Crippen LogP contribution in [0.2, 0.25) is 0 Å². The standard InChI is InChI=1S/C19H16N2O5S2/c1-28(23,24)14-5-2-12(3-6-14)18(22)21-19-20-15(11-27-19)13-4-7-16-17(10-13)26-9-8-25-16/h2-7,10-11H,8-9H2,1H3,(H,20,21,22). The lowest BCUT2D eigenvalue weighted by atomic mass is 10.1. The molecule has 2 aromatic carbocycles. The quantitative estimate of drug-likeness (QED) is 0.702. The Balaban J connectivity index is 1.49. The maximum Gasteiger partial charge on any atom is 0.257 e. The van der Waals surface area contributed by atoms with Gasteiger partial charge in [-0.05, 0) is 42.5 Å². The second kappa shape index (κ2) is 7.25. The smallest absolute Gasteiger partial charge is 0.257 e. The monoisotopic (exact) mass is 416 g/mol. The van der Waals surface area contributed by atoms with E-state index in [0.29, 0.717) is 41.1 Å². The van der Waals surface area contributed by atoms with Crippen LogP contribution in [-0.2, 0) is 9.84 Å². The van der Waals surface area contributed by atoms with Crippen LogP contribution in [-0.4, -0.2) is 38.8 Å². The van der Waals surface area contributed by atoms with Gasteiger partial charge in [0.1, 0.15) is 13.2 Å². The normalized spacial score (nSPS) is 13.2. The molecule has 0 radical (unpaired) electrons. The van der Waals surface area contributed by atoms with Crippen LogP contribution in [0.25, 0.3) is 11.3 Å². The molecule has 1 aliphatic rings. The molecule has 0 saturated carbocycles. The highest BCUT2D eigenvalue weighted by atomic mass is 32.2. The average molecular weight is 416 g/mol. The van der Waals surface area contributed by atoms with Gasteiger partial charge in [-0.1, -0.05) is 0 Å². The third kappa shape index (κ3) is 3.85. The molecule has 9 heteroatoms. The number of aromatic nitrogens is 1. The number of ether oxygens (including phenoxy) is 2. The van der Waals surface area contributed by atoms with E-state index in [0.717, 1.165) is 11.8 Å². The van der Waals surface area contributed by atoms with E-state index in [4.69, 9.17) is 9.47 Å². The van der Waals surface area contributed by atoms with Crippen LogP contribution >= 0.6 is 11.3 Å². The lowest BCUT2D eigenvalue weighted by Gasteiger charge is -2.18. The van der Waals surface area contributed by atoms with Crippen molar-refractivity contribution in [1.82, 2.24) is 4.98 Å². The second-order valence-electron chi connectivity index (χ2n) is 6.15. The van der Waals surface area contributed by atoms with E-state index in [1.54, 1.807) is 0 Å². The highest BCUT2D eigenvalue weighted by Crippen LogP contribution is 2.35. The fourth-order valence-electron chi connectivity index (χ4n) is 2.69.